The lowest BCUT2D eigenvalue weighted by Crippen LogP contribution is -2.24. The van der Waals surface area contributed by atoms with Gasteiger partial charge in [-0.05, 0) is 53.0 Å². The average Bonchev–Trinajstić information content (AvgIpc) is 3.15. The van der Waals surface area contributed by atoms with Gasteiger partial charge in [0, 0.05) is 18.3 Å². The summed E-state index contributed by atoms with van der Waals surface area (Å²) in [6, 6.07) is 5.14. The Morgan fingerprint density at radius 2 is 2.08 bits per heavy atom. The Kier molecular flexibility index (Phi) is 3.64. The van der Waals surface area contributed by atoms with E-state index in [1.54, 1.807) is 16.8 Å². The van der Waals surface area contributed by atoms with Crippen LogP contribution in [0.5, 0.6) is 0 Å². The van der Waals surface area contributed by atoms with E-state index in [1.165, 1.54) is 12.1 Å². The summed E-state index contributed by atoms with van der Waals surface area (Å²) in [7, 11) is 0. The molecule has 24 heavy (non-hydrogen) atoms. The van der Waals surface area contributed by atoms with Crippen LogP contribution in [0.15, 0.2) is 34.9 Å². The SMILES string of the molecule is Nc1nn2ccc(N3CCCC3c3cc(F)ccc3F)nc2c1Br. The van der Waals surface area contributed by atoms with E-state index in [9.17, 15) is 8.78 Å². The van der Waals surface area contributed by atoms with E-state index in [0.29, 0.717) is 27.3 Å². The Hall–Kier alpha value is -2.22. The second-order valence-corrected chi connectivity index (χ2v) is 6.56. The van der Waals surface area contributed by atoms with Crippen LogP contribution in [0.4, 0.5) is 20.4 Å². The highest BCUT2D eigenvalue weighted by atomic mass is 79.9. The van der Waals surface area contributed by atoms with Crippen molar-refractivity contribution in [2.45, 2.75) is 18.9 Å². The summed E-state index contributed by atoms with van der Waals surface area (Å²) < 4.78 is 29.9. The second-order valence-electron chi connectivity index (χ2n) is 5.77. The molecule has 1 aromatic carbocycles. The van der Waals surface area contributed by atoms with Crippen molar-refractivity contribution in [3.63, 3.8) is 0 Å². The van der Waals surface area contributed by atoms with E-state index in [0.717, 1.165) is 25.5 Å². The Labute approximate surface area is 145 Å². The highest BCUT2D eigenvalue weighted by Gasteiger charge is 2.30. The molecule has 124 valence electrons. The Morgan fingerprint density at radius 3 is 2.92 bits per heavy atom. The fraction of sp³-hybridized carbons (Fsp3) is 0.250. The zero-order chi connectivity index (χ0) is 16.8. The standard InChI is InChI=1S/C16H14BrF2N5/c17-14-15(20)22-24-7-5-13(21-16(14)24)23-6-1-2-12(23)10-8-9(18)3-4-11(10)19/h3-5,7-8,12H,1-2,6H2,(H2,20,22). The van der Waals surface area contributed by atoms with E-state index in [1.807, 2.05) is 4.90 Å². The number of hydrogen-bond acceptors (Lipinski definition) is 4. The molecule has 1 fully saturated rings. The van der Waals surface area contributed by atoms with Crippen LogP contribution in [0.1, 0.15) is 24.4 Å². The number of rotatable bonds is 2. The number of nitrogens with zero attached hydrogens (tertiary/aromatic N) is 4. The molecule has 2 aromatic heterocycles. The van der Waals surface area contributed by atoms with Crippen molar-refractivity contribution >= 4 is 33.2 Å². The minimum absolute atomic E-state index is 0.241. The largest absolute Gasteiger partial charge is 0.381 e. The quantitative estimate of drug-likeness (QED) is 0.720. The molecule has 8 heteroatoms. The number of anilines is 2. The zero-order valence-corrected chi connectivity index (χ0v) is 14.2. The van der Waals surface area contributed by atoms with Crippen LogP contribution in [-0.4, -0.2) is 21.1 Å². The molecule has 0 amide bonds. The lowest BCUT2D eigenvalue weighted by atomic mass is 10.0. The second kappa shape index (κ2) is 5.70. The number of halogens is 3. The number of aromatic nitrogens is 3. The van der Waals surface area contributed by atoms with Gasteiger partial charge in [-0.3, -0.25) is 0 Å². The zero-order valence-electron chi connectivity index (χ0n) is 12.6. The van der Waals surface area contributed by atoms with Gasteiger partial charge in [-0.2, -0.15) is 0 Å². The molecule has 3 aromatic rings. The van der Waals surface area contributed by atoms with Gasteiger partial charge in [-0.1, -0.05) is 0 Å². The first-order valence-electron chi connectivity index (χ1n) is 7.56. The van der Waals surface area contributed by atoms with Crippen molar-refractivity contribution in [1.82, 2.24) is 14.6 Å². The van der Waals surface area contributed by atoms with Gasteiger partial charge in [0.1, 0.15) is 21.9 Å². The predicted octanol–water partition coefficient (Wildman–Crippen LogP) is 3.69. The summed E-state index contributed by atoms with van der Waals surface area (Å²) >= 11 is 3.38. The smallest absolute Gasteiger partial charge is 0.173 e. The predicted molar refractivity (Wildman–Crippen MR) is 90.8 cm³/mol. The molecule has 1 unspecified atom stereocenters. The first-order valence-corrected chi connectivity index (χ1v) is 8.36. The summed E-state index contributed by atoms with van der Waals surface area (Å²) in [5.41, 5.74) is 6.74. The molecule has 0 saturated carbocycles. The molecule has 1 aliphatic heterocycles. The fourth-order valence-electron chi connectivity index (χ4n) is 3.20. The van der Waals surface area contributed by atoms with Gasteiger partial charge in [0.05, 0.1) is 6.04 Å². The van der Waals surface area contributed by atoms with Crippen molar-refractivity contribution in [3.05, 3.63) is 52.1 Å². The maximum absolute atomic E-state index is 14.2. The first kappa shape index (κ1) is 15.3. The summed E-state index contributed by atoms with van der Waals surface area (Å²) in [6.07, 6.45) is 3.39. The number of fused-ring (bicyclic) bond motifs is 1. The third kappa shape index (κ3) is 2.41. The van der Waals surface area contributed by atoms with Crippen molar-refractivity contribution in [2.24, 2.45) is 0 Å². The molecule has 0 radical (unpaired) electrons. The molecule has 0 aliphatic carbocycles. The summed E-state index contributed by atoms with van der Waals surface area (Å²) in [5.74, 6) is 0.209. The van der Waals surface area contributed by atoms with E-state index < -0.39 is 11.6 Å². The third-order valence-electron chi connectivity index (χ3n) is 4.30. The molecule has 3 heterocycles. The lowest BCUT2D eigenvalue weighted by Gasteiger charge is -2.26. The third-order valence-corrected chi connectivity index (χ3v) is 5.06. The van der Waals surface area contributed by atoms with Crippen molar-refractivity contribution in [3.8, 4) is 0 Å². The molecule has 2 N–H and O–H groups in total. The van der Waals surface area contributed by atoms with Crippen molar-refractivity contribution < 1.29 is 8.78 Å². The molecule has 1 atom stereocenters. The summed E-state index contributed by atoms with van der Waals surface area (Å²) in [6.45, 7) is 0.727. The first-order chi connectivity index (χ1) is 11.5. The summed E-state index contributed by atoms with van der Waals surface area (Å²) in [5, 5.41) is 4.14. The van der Waals surface area contributed by atoms with E-state index in [-0.39, 0.29) is 6.04 Å². The number of nitrogen functional groups attached to an aromatic ring is 1. The van der Waals surface area contributed by atoms with Gasteiger partial charge >= 0.3 is 0 Å². The Balaban J connectivity index is 1.77. The lowest BCUT2D eigenvalue weighted by molar-refractivity contribution is 0.560. The van der Waals surface area contributed by atoms with Crippen LogP contribution >= 0.6 is 15.9 Å². The average molecular weight is 394 g/mol. The molecular weight excluding hydrogens is 380 g/mol. The van der Waals surface area contributed by atoms with E-state index >= 15 is 0 Å². The van der Waals surface area contributed by atoms with Crippen molar-refractivity contribution in [1.29, 1.82) is 0 Å². The number of benzene rings is 1. The van der Waals surface area contributed by atoms with Crippen LogP contribution < -0.4 is 10.6 Å². The molecule has 1 saturated heterocycles. The van der Waals surface area contributed by atoms with E-state index in [4.69, 9.17) is 5.73 Å². The highest BCUT2D eigenvalue weighted by Crippen LogP contribution is 2.37. The van der Waals surface area contributed by atoms with Crippen LogP contribution in [0, 0.1) is 11.6 Å². The fourth-order valence-corrected chi connectivity index (χ4v) is 3.55. The van der Waals surface area contributed by atoms with Gasteiger partial charge in [0.15, 0.2) is 11.5 Å². The molecule has 0 bridgehead atoms. The van der Waals surface area contributed by atoms with Gasteiger partial charge < -0.3 is 10.6 Å². The normalized spacial score (nSPS) is 17.8. The monoisotopic (exact) mass is 393 g/mol. The van der Waals surface area contributed by atoms with Gasteiger partial charge in [-0.15, -0.1) is 5.10 Å². The van der Waals surface area contributed by atoms with Gasteiger partial charge in [0.2, 0.25) is 0 Å². The Morgan fingerprint density at radius 1 is 1.25 bits per heavy atom. The van der Waals surface area contributed by atoms with Crippen LogP contribution in [0.2, 0.25) is 0 Å². The molecule has 1 aliphatic rings. The highest BCUT2D eigenvalue weighted by molar-refractivity contribution is 9.10. The van der Waals surface area contributed by atoms with Crippen LogP contribution in [0.25, 0.3) is 5.65 Å². The number of hydrogen-bond donors (Lipinski definition) is 1. The minimum Gasteiger partial charge on any atom is -0.381 e. The minimum atomic E-state index is -0.437. The van der Waals surface area contributed by atoms with Crippen LogP contribution in [-0.2, 0) is 0 Å². The van der Waals surface area contributed by atoms with Gasteiger partial charge in [0.25, 0.3) is 0 Å². The van der Waals surface area contributed by atoms with Crippen LogP contribution in [0.3, 0.4) is 0 Å². The Bertz CT molecular complexity index is 926. The van der Waals surface area contributed by atoms with Crippen molar-refractivity contribution in [2.75, 3.05) is 17.2 Å². The molecule has 4 rings (SSSR count). The molecule has 0 spiro atoms. The summed E-state index contributed by atoms with van der Waals surface area (Å²) in [4.78, 5) is 6.58. The topological polar surface area (TPSA) is 59.4 Å². The molecule has 5 nitrogen and oxygen atoms in total. The molecular formula is C16H14BrF2N5. The maximum atomic E-state index is 14.2. The van der Waals surface area contributed by atoms with Gasteiger partial charge in [-0.25, -0.2) is 18.3 Å². The maximum Gasteiger partial charge on any atom is 0.173 e. The number of nitrogens with two attached hydrogens (primary N) is 1. The van der Waals surface area contributed by atoms with E-state index in [2.05, 4.69) is 26.0 Å².